The smallest absolute Gasteiger partial charge is 0.262 e. The molecule has 0 aliphatic carbocycles. The number of hydrogen-bond acceptors (Lipinski definition) is 4. The van der Waals surface area contributed by atoms with Crippen LogP contribution in [-0.4, -0.2) is 27.5 Å². The van der Waals surface area contributed by atoms with E-state index in [2.05, 4.69) is 26.0 Å². The van der Waals surface area contributed by atoms with Gasteiger partial charge in [-0.05, 0) is 75.4 Å². The second kappa shape index (κ2) is 12.0. The van der Waals surface area contributed by atoms with Crippen LogP contribution in [0.1, 0.15) is 5.56 Å². The fraction of sp³-hybridized carbons (Fsp3) is 0.107. The van der Waals surface area contributed by atoms with E-state index in [1.54, 1.807) is 12.1 Å². The number of amides is 1. The highest BCUT2D eigenvalue weighted by atomic mass is 79.9. The molecule has 4 aromatic rings. The van der Waals surface area contributed by atoms with Crippen molar-refractivity contribution in [1.82, 2.24) is 4.72 Å². The summed E-state index contributed by atoms with van der Waals surface area (Å²) in [6.07, 6.45) is 0.597. The lowest BCUT2D eigenvalue weighted by atomic mass is 10.1. The highest BCUT2D eigenvalue weighted by molar-refractivity contribution is 9.10. The largest absolute Gasteiger partial charge is 0.483 e. The van der Waals surface area contributed by atoms with Gasteiger partial charge >= 0.3 is 0 Å². The molecule has 6 nitrogen and oxygen atoms in total. The van der Waals surface area contributed by atoms with Crippen LogP contribution < -0.4 is 14.8 Å². The summed E-state index contributed by atoms with van der Waals surface area (Å²) in [6, 6.07) is 31.3. The van der Waals surface area contributed by atoms with Crippen molar-refractivity contribution < 1.29 is 17.9 Å². The fourth-order valence-corrected chi connectivity index (χ4v) is 5.07. The third-order valence-electron chi connectivity index (χ3n) is 5.39. The third-order valence-corrected chi connectivity index (χ3v) is 7.49. The van der Waals surface area contributed by atoms with Gasteiger partial charge in [0.2, 0.25) is 10.0 Å². The van der Waals surface area contributed by atoms with Crippen LogP contribution in [-0.2, 0) is 21.2 Å². The van der Waals surface area contributed by atoms with E-state index in [0.717, 1.165) is 21.2 Å². The summed E-state index contributed by atoms with van der Waals surface area (Å²) in [5.41, 5.74) is 3.65. The molecule has 0 radical (unpaired) electrons. The topological polar surface area (TPSA) is 84.5 Å². The van der Waals surface area contributed by atoms with E-state index in [-0.39, 0.29) is 17.4 Å². The molecule has 4 aromatic carbocycles. The number of rotatable bonds is 10. The van der Waals surface area contributed by atoms with Crippen LogP contribution in [0.4, 0.5) is 5.69 Å². The van der Waals surface area contributed by atoms with Gasteiger partial charge in [0.05, 0.1) is 9.37 Å². The molecule has 0 spiro atoms. The number of anilines is 1. The van der Waals surface area contributed by atoms with Crippen molar-refractivity contribution in [3.8, 4) is 16.9 Å². The highest BCUT2D eigenvalue weighted by Crippen LogP contribution is 2.30. The number of ether oxygens (including phenoxy) is 1. The van der Waals surface area contributed by atoms with E-state index in [9.17, 15) is 13.2 Å². The lowest BCUT2D eigenvalue weighted by Crippen LogP contribution is -2.26. The molecular formula is C28H25BrN2O4S. The third kappa shape index (κ3) is 7.04. The minimum Gasteiger partial charge on any atom is -0.483 e. The van der Waals surface area contributed by atoms with Crippen LogP contribution in [0.15, 0.2) is 112 Å². The summed E-state index contributed by atoms with van der Waals surface area (Å²) in [5, 5.41) is 2.72. The van der Waals surface area contributed by atoms with E-state index in [1.807, 2.05) is 78.9 Å². The van der Waals surface area contributed by atoms with E-state index < -0.39 is 10.0 Å². The minimum absolute atomic E-state index is 0.132. The van der Waals surface area contributed by atoms with Crippen LogP contribution in [0, 0.1) is 0 Å². The van der Waals surface area contributed by atoms with Crippen LogP contribution in [0.3, 0.4) is 0 Å². The number of carbonyl (C=O) groups excluding carboxylic acids is 1. The summed E-state index contributed by atoms with van der Waals surface area (Å²) in [7, 11) is -3.64. The van der Waals surface area contributed by atoms with Crippen LogP contribution in [0.5, 0.6) is 5.75 Å². The molecule has 0 aliphatic heterocycles. The number of hydrogen-bond donors (Lipinski definition) is 2. The molecule has 0 heterocycles. The summed E-state index contributed by atoms with van der Waals surface area (Å²) < 4.78 is 34.1. The Morgan fingerprint density at radius 1 is 0.806 bits per heavy atom. The number of sulfonamides is 1. The molecule has 0 aromatic heterocycles. The molecule has 0 fully saturated rings. The molecular weight excluding hydrogens is 540 g/mol. The van der Waals surface area contributed by atoms with E-state index >= 15 is 0 Å². The molecule has 0 saturated carbocycles. The van der Waals surface area contributed by atoms with Crippen molar-refractivity contribution in [3.63, 3.8) is 0 Å². The second-order valence-corrected chi connectivity index (χ2v) is 10.6. The Bertz CT molecular complexity index is 1410. The van der Waals surface area contributed by atoms with Gasteiger partial charge in [-0.3, -0.25) is 4.79 Å². The summed E-state index contributed by atoms with van der Waals surface area (Å²) in [4.78, 5) is 12.5. The average Bonchev–Trinajstić information content (AvgIpc) is 2.89. The zero-order chi connectivity index (χ0) is 25.4. The first-order chi connectivity index (χ1) is 17.4. The molecule has 0 aliphatic rings. The van der Waals surface area contributed by atoms with Gasteiger partial charge in [-0.15, -0.1) is 0 Å². The molecule has 36 heavy (non-hydrogen) atoms. The maximum atomic E-state index is 12.5. The van der Waals surface area contributed by atoms with Crippen molar-refractivity contribution >= 4 is 37.5 Å². The predicted octanol–water partition coefficient (Wildman–Crippen LogP) is 5.65. The lowest BCUT2D eigenvalue weighted by Gasteiger charge is -2.11. The number of benzene rings is 4. The Morgan fingerprint density at radius 3 is 2.14 bits per heavy atom. The second-order valence-electron chi connectivity index (χ2n) is 8.01. The van der Waals surface area contributed by atoms with Gasteiger partial charge < -0.3 is 10.1 Å². The highest BCUT2D eigenvalue weighted by Gasteiger charge is 2.14. The molecule has 0 saturated heterocycles. The summed E-state index contributed by atoms with van der Waals surface area (Å²) >= 11 is 3.50. The monoisotopic (exact) mass is 564 g/mol. The van der Waals surface area contributed by atoms with Crippen LogP contribution in [0.25, 0.3) is 11.1 Å². The molecule has 1 amide bonds. The van der Waals surface area contributed by atoms with E-state index in [1.165, 1.54) is 12.1 Å². The zero-order valence-corrected chi connectivity index (χ0v) is 21.8. The van der Waals surface area contributed by atoms with Crippen LogP contribution >= 0.6 is 15.9 Å². The predicted molar refractivity (Wildman–Crippen MR) is 145 cm³/mol. The van der Waals surface area contributed by atoms with Gasteiger partial charge in [-0.25, -0.2) is 13.1 Å². The Labute approximate surface area is 219 Å². The van der Waals surface area contributed by atoms with E-state index in [4.69, 9.17) is 4.74 Å². The number of carbonyl (C=O) groups is 1. The first-order valence-corrected chi connectivity index (χ1v) is 13.6. The summed E-state index contributed by atoms with van der Waals surface area (Å²) in [6.45, 7) is 0.106. The van der Waals surface area contributed by atoms with Crippen molar-refractivity contribution in [2.24, 2.45) is 0 Å². The van der Waals surface area contributed by atoms with Crippen molar-refractivity contribution in [1.29, 1.82) is 0 Å². The van der Waals surface area contributed by atoms with E-state index in [0.29, 0.717) is 24.4 Å². The fourth-order valence-electron chi connectivity index (χ4n) is 3.54. The standard InChI is InChI=1S/C28H25BrN2O4S/c29-26-19-23(22-9-5-2-6-10-22)11-16-27(26)35-20-28(32)31-24-12-14-25(15-13-24)36(33,34)30-18-17-21-7-3-1-4-8-21/h1-16,19,30H,17-18,20H2,(H,31,32). The number of nitrogens with one attached hydrogen (secondary N) is 2. The molecule has 0 atom stereocenters. The van der Waals surface area contributed by atoms with Gasteiger partial charge in [0, 0.05) is 12.2 Å². The van der Waals surface area contributed by atoms with Gasteiger partial charge in [-0.2, -0.15) is 0 Å². The van der Waals surface area contributed by atoms with Gasteiger partial charge in [0.25, 0.3) is 5.91 Å². The maximum Gasteiger partial charge on any atom is 0.262 e. The van der Waals surface area contributed by atoms with Crippen LogP contribution in [0.2, 0.25) is 0 Å². The molecule has 2 N–H and O–H groups in total. The van der Waals surface area contributed by atoms with Crippen molar-refractivity contribution in [2.45, 2.75) is 11.3 Å². The van der Waals surface area contributed by atoms with Gasteiger partial charge in [-0.1, -0.05) is 66.7 Å². The van der Waals surface area contributed by atoms with Crippen molar-refractivity contribution in [3.05, 3.63) is 113 Å². The number of halogens is 1. The normalized spacial score (nSPS) is 11.1. The first kappa shape index (κ1) is 25.6. The SMILES string of the molecule is O=C(COc1ccc(-c2ccccc2)cc1Br)Nc1ccc(S(=O)(=O)NCCc2ccccc2)cc1. The molecule has 0 bridgehead atoms. The lowest BCUT2D eigenvalue weighted by molar-refractivity contribution is -0.118. The minimum atomic E-state index is -3.64. The Balaban J connectivity index is 1.28. The molecule has 8 heteroatoms. The molecule has 0 unspecified atom stereocenters. The van der Waals surface area contributed by atoms with Gasteiger partial charge in [0.15, 0.2) is 6.61 Å². The molecule has 184 valence electrons. The Kier molecular flexibility index (Phi) is 8.53. The summed E-state index contributed by atoms with van der Waals surface area (Å²) in [5.74, 6) is 0.193. The Morgan fingerprint density at radius 2 is 1.47 bits per heavy atom. The molecule has 4 rings (SSSR count). The average molecular weight is 565 g/mol. The van der Waals surface area contributed by atoms with Crippen molar-refractivity contribution in [2.75, 3.05) is 18.5 Å². The quantitative estimate of drug-likeness (QED) is 0.260. The Hall–Kier alpha value is -3.46. The zero-order valence-electron chi connectivity index (χ0n) is 19.4. The maximum absolute atomic E-state index is 12.5. The first-order valence-electron chi connectivity index (χ1n) is 11.3. The van der Waals surface area contributed by atoms with Gasteiger partial charge in [0.1, 0.15) is 5.75 Å².